The zero-order valence-electron chi connectivity index (χ0n) is 12.3. The Morgan fingerprint density at radius 1 is 1.20 bits per heavy atom. The molecule has 0 fully saturated rings. The number of carbonyl (C=O) groups is 2. The van der Waals surface area contributed by atoms with Gasteiger partial charge in [0.05, 0.1) is 5.92 Å². The maximum absolute atomic E-state index is 11.7. The van der Waals surface area contributed by atoms with Crippen molar-refractivity contribution in [1.29, 1.82) is 0 Å². The first kappa shape index (κ1) is 16.0. The third-order valence-electron chi connectivity index (χ3n) is 3.09. The second-order valence-corrected chi connectivity index (χ2v) is 5.10. The fourth-order valence-electron chi connectivity index (χ4n) is 1.80. The highest BCUT2D eigenvalue weighted by Gasteiger charge is 2.20. The van der Waals surface area contributed by atoms with Gasteiger partial charge in [-0.15, -0.1) is 0 Å². The fraction of sp³-hybridized carbons (Fsp3) is 0.467. The first-order valence-electron chi connectivity index (χ1n) is 6.53. The zero-order valence-corrected chi connectivity index (χ0v) is 12.3. The van der Waals surface area contributed by atoms with Crippen LogP contribution in [0.25, 0.3) is 0 Å². The number of hydrogen-bond donors (Lipinski definition) is 2. The molecule has 5 nitrogen and oxygen atoms in total. The van der Waals surface area contributed by atoms with E-state index in [1.165, 1.54) is 0 Å². The summed E-state index contributed by atoms with van der Waals surface area (Å²) in [6.45, 7) is 7.00. The number of nitrogens with one attached hydrogen (secondary N) is 1. The molecule has 0 heterocycles. The number of carboxylic acid groups (broad SMARTS) is 1. The lowest BCUT2D eigenvalue weighted by molar-refractivity contribution is -0.142. The van der Waals surface area contributed by atoms with Crippen molar-refractivity contribution in [3.05, 3.63) is 29.3 Å². The molecular weight excluding hydrogens is 258 g/mol. The quantitative estimate of drug-likeness (QED) is 0.834. The minimum atomic E-state index is -0.937. The van der Waals surface area contributed by atoms with E-state index in [1.807, 2.05) is 32.0 Å². The predicted molar refractivity (Wildman–Crippen MR) is 75.8 cm³/mol. The lowest BCUT2D eigenvalue weighted by Gasteiger charge is -2.18. The van der Waals surface area contributed by atoms with Gasteiger partial charge in [0.15, 0.2) is 6.61 Å². The average Bonchev–Trinajstić information content (AvgIpc) is 2.34. The van der Waals surface area contributed by atoms with Crippen LogP contribution >= 0.6 is 0 Å². The van der Waals surface area contributed by atoms with Crippen molar-refractivity contribution < 1.29 is 19.4 Å². The number of aryl methyl sites for hydroxylation is 2. The largest absolute Gasteiger partial charge is 0.484 e. The summed E-state index contributed by atoms with van der Waals surface area (Å²) in [6, 6.07) is 5.28. The van der Waals surface area contributed by atoms with E-state index in [-0.39, 0.29) is 12.5 Å². The van der Waals surface area contributed by atoms with Gasteiger partial charge in [0, 0.05) is 6.04 Å². The van der Waals surface area contributed by atoms with Crippen molar-refractivity contribution in [2.45, 2.75) is 33.7 Å². The highest BCUT2D eigenvalue weighted by atomic mass is 16.5. The number of ether oxygens (including phenoxy) is 1. The molecule has 0 aliphatic rings. The van der Waals surface area contributed by atoms with Gasteiger partial charge >= 0.3 is 5.97 Å². The summed E-state index contributed by atoms with van der Waals surface area (Å²) in [4.78, 5) is 22.5. The molecule has 5 heteroatoms. The SMILES string of the molecule is Cc1cc(C)cc(OCC(=O)NC(C)C(C)C(=O)O)c1. The Balaban J connectivity index is 2.49. The Bertz CT molecular complexity index is 478. The normalized spacial score (nSPS) is 13.4. The maximum atomic E-state index is 11.7. The van der Waals surface area contributed by atoms with Crippen LogP contribution in [0.5, 0.6) is 5.75 Å². The van der Waals surface area contributed by atoms with Crippen molar-refractivity contribution in [2.24, 2.45) is 5.92 Å². The van der Waals surface area contributed by atoms with Crippen molar-refractivity contribution in [3.8, 4) is 5.75 Å². The monoisotopic (exact) mass is 279 g/mol. The molecular formula is C15H21NO4. The summed E-state index contributed by atoms with van der Waals surface area (Å²) in [7, 11) is 0. The average molecular weight is 279 g/mol. The second kappa shape index (κ2) is 6.93. The van der Waals surface area contributed by atoms with Crippen molar-refractivity contribution >= 4 is 11.9 Å². The Hall–Kier alpha value is -2.04. The molecule has 0 spiro atoms. The van der Waals surface area contributed by atoms with Gasteiger partial charge in [-0.25, -0.2) is 0 Å². The Morgan fingerprint density at radius 3 is 2.25 bits per heavy atom. The van der Waals surface area contributed by atoms with Gasteiger partial charge in [-0.2, -0.15) is 0 Å². The Labute approximate surface area is 118 Å². The van der Waals surface area contributed by atoms with Crippen LogP contribution in [0.1, 0.15) is 25.0 Å². The molecule has 0 bridgehead atoms. The maximum Gasteiger partial charge on any atom is 0.308 e. The third-order valence-corrected chi connectivity index (χ3v) is 3.09. The van der Waals surface area contributed by atoms with Crippen LogP contribution in [-0.4, -0.2) is 29.6 Å². The van der Waals surface area contributed by atoms with E-state index in [1.54, 1.807) is 13.8 Å². The van der Waals surface area contributed by atoms with E-state index >= 15 is 0 Å². The Kier molecular flexibility index (Phi) is 5.55. The molecule has 0 aliphatic carbocycles. The molecule has 0 radical (unpaired) electrons. The van der Waals surface area contributed by atoms with Crippen LogP contribution in [0.15, 0.2) is 18.2 Å². The van der Waals surface area contributed by atoms with Gasteiger partial charge in [0.2, 0.25) is 0 Å². The standard InChI is InChI=1S/C15H21NO4/c1-9-5-10(2)7-13(6-9)20-8-14(17)16-12(4)11(3)15(18)19/h5-7,11-12H,8H2,1-4H3,(H,16,17)(H,18,19). The molecule has 1 aromatic rings. The highest BCUT2D eigenvalue weighted by molar-refractivity contribution is 5.79. The highest BCUT2D eigenvalue weighted by Crippen LogP contribution is 2.16. The van der Waals surface area contributed by atoms with Gasteiger partial charge in [-0.05, 0) is 51.0 Å². The number of amides is 1. The molecule has 0 saturated heterocycles. The second-order valence-electron chi connectivity index (χ2n) is 5.10. The summed E-state index contributed by atoms with van der Waals surface area (Å²) in [5.41, 5.74) is 2.13. The van der Waals surface area contributed by atoms with Gasteiger partial charge in [0.1, 0.15) is 5.75 Å². The van der Waals surface area contributed by atoms with E-state index in [9.17, 15) is 9.59 Å². The van der Waals surface area contributed by atoms with Gasteiger partial charge in [-0.3, -0.25) is 9.59 Å². The van der Waals surface area contributed by atoms with Crippen LogP contribution in [0.3, 0.4) is 0 Å². The van der Waals surface area contributed by atoms with Crippen LogP contribution in [0.2, 0.25) is 0 Å². The van der Waals surface area contributed by atoms with E-state index in [0.29, 0.717) is 5.75 Å². The predicted octanol–water partition coefficient (Wildman–Crippen LogP) is 1.91. The van der Waals surface area contributed by atoms with E-state index in [4.69, 9.17) is 9.84 Å². The molecule has 1 amide bonds. The molecule has 1 aromatic carbocycles. The number of rotatable bonds is 6. The lowest BCUT2D eigenvalue weighted by atomic mass is 10.0. The summed E-state index contributed by atoms with van der Waals surface area (Å²) < 4.78 is 5.41. The molecule has 0 aromatic heterocycles. The number of carboxylic acids is 1. The first-order chi connectivity index (χ1) is 9.29. The first-order valence-corrected chi connectivity index (χ1v) is 6.53. The van der Waals surface area contributed by atoms with Crippen molar-refractivity contribution in [1.82, 2.24) is 5.32 Å². The molecule has 0 saturated carbocycles. The fourth-order valence-corrected chi connectivity index (χ4v) is 1.80. The van der Waals surface area contributed by atoms with Gasteiger partial charge in [-0.1, -0.05) is 6.07 Å². The van der Waals surface area contributed by atoms with Gasteiger partial charge in [0.25, 0.3) is 5.91 Å². The summed E-state index contributed by atoms with van der Waals surface area (Å²) in [6.07, 6.45) is 0. The zero-order chi connectivity index (χ0) is 15.3. The molecule has 0 aliphatic heterocycles. The van der Waals surface area contributed by atoms with Gasteiger partial charge < -0.3 is 15.2 Å². The molecule has 2 unspecified atom stereocenters. The van der Waals surface area contributed by atoms with Crippen molar-refractivity contribution in [3.63, 3.8) is 0 Å². The number of aliphatic carboxylic acids is 1. The van der Waals surface area contributed by atoms with E-state index < -0.39 is 17.9 Å². The molecule has 20 heavy (non-hydrogen) atoms. The topological polar surface area (TPSA) is 75.6 Å². The number of hydrogen-bond acceptors (Lipinski definition) is 3. The van der Waals surface area contributed by atoms with Crippen LogP contribution < -0.4 is 10.1 Å². The third kappa shape index (κ3) is 4.91. The number of benzene rings is 1. The molecule has 2 N–H and O–H groups in total. The van der Waals surface area contributed by atoms with Crippen LogP contribution in [0, 0.1) is 19.8 Å². The summed E-state index contributed by atoms with van der Waals surface area (Å²) in [5, 5.41) is 11.5. The summed E-state index contributed by atoms with van der Waals surface area (Å²) >= 11 is 0. The molecule has 2 atom stereocenters. The van der Waals surface area contributed by atoms with Crippen LogP contribution in [0.4, 0.5) is 0 Å². The minimum absolute atomic E-state index is 0.125. The summed E-state index contributed by atoms with van der Waals surface area (Å²) in [5.74, 6) is -1.27. The molecule has 110 valence electrons. The van der Waals surface area contributed by atoms with E-state index in [0.717, 1.165) is 11.1 Å². The lowest BCUT2D eigenvalue weighted by Crippen LogP contribution is -2.42. The Morgan fingerprint density at radius 2 is 1.75 bits per heavy atom. The van der Waals surface area contributed by atoms with Crippen molar-refractivity contribution in [2.75, 3.05) is 6.61 Å². The minimum Gasteiger partial charge on any atom is -0.484 e. The van der Waals surface area contributed by atoms with Crippen LogP contribution in [-0.2, 0) is 9.59 Å². The van der Waals surface area contributed by atoms with E-state index in [2.05, 4.69) is 5.32 Å². The molecule has 1 rings (SSSR count). The smallest absolute Gasteiger partial charge is 0.308 e. The number of carbonyl (C=O) groups excluding carboxylic acids is 1.